The molecule has 1 fully saturated rings. The standard InChI is InChI=1S/C28H29F4N3O5/c1-16(2)12-23(36)33-21-8-9-22-19(13-21)10-11-27(22)25(38)35(26(39)40-27)15-24(37)34(17(3)28(30,31)32)14-18-4-6-20(29)7-5-18/h4-9,13,16-17H,10-12,14-15H2,1-3H3,(H,33,36)/t17?,27-/m1/s1. The van der Waals surface area contributed by atoms with Gasteiger partial charge in [-0.05, 0) is 54.7 Å². The summed E-state index contributed by atoms with van der Waals surface area (Å²) in [7, 11) is 0. The Bertz CT molecular complexity index is 1330. The predicted octanol–water partition coefficient (Wildman–Crippen LogP) is 4.91. The van der Waals surface area contributed by atoms with Gasteiger partial charge in [0.05, 0.1) is 0 Å². The molecule has 2 aliphatic rings. The Kier molecular flexibility index (Phi) is 7.91. The zero-order valence-corrected chi connectivity index (χ0v) is 22.2. The fraction of sp³-hybridized carbons (Fsp3) is 0.429. The maximum Gasteiger partial charge on any atom is 0.418 e. The summed E-state index contributed by atoms with van der Waals surface area (Å²) < 4.78 is 59.6. The number of aryl methyl sites for hydroxylation is 1. The number of benzene rings is 2. The maximum absolute atomic E-state index is 13.6. The molecule has 2 aromatic carbocycles. The maximum atomic E-state index is 13.6. The fourth-order valence-corrected chi connectivity index (χ4v) is 4.94. The van der Waals surface area contributed by atoms with E-state index in [1.165, 1.54) is 12.1 Å². The van der Waals surface area contributed by atoms with Crippen LogP contribution in [0.5, 0.6) is 0 Å². The van der Waals surface area contributed by atoms with E-state index < -0.39 is 54.6 Å². The van der Waals surface area contributed by atoms with Crippen LogP contribution < -0.4 is 5.32 Å². The summed E-state index contributed by atoms with van der Waals surface area (Å²) in [6, 6.07) is 7.19. The number of imide groups is 1. The lowest BCUT2D eigenvalue weighted by atomic mass is 9.94. The summed E-state index contributed by atoms with van der Waals surface area (Å²) in [5, 5.41) is 2.79. The van der Waals surface area contributed by atoms with Crippen molar-refractivity contribution in [1.82, 2.24) is 9.80 Å². The Balaban J connectivity index is 1.54. The number of ether oxygens (including phenoxy) is 1. The molecule has 2 aromatic rings. The molecule has 12 heteroatoms. The molecule has 1 unspecified atom stereocenters. The first-order valence-corrected chi connectivity index (χ1v) is 12.8. The number of anilines is 1. The first-order chi connectivity index (χ1) is 18.7. The van der Waals surface area contributed by atoms with Crippen molar-refractivity contribution >= 4 is 29.5 Å². The summed E-state index contributed by atoms with van der Waals surface area (Å²) in [6.45, 7) is 3.14. The van der Waals surface area contributed by atoms with Gasteiger partial charge >= 0.3 is 12.3 Å². The topological polar surface area (TPSA) is 96.0 Å². The number of amides is 4. The number of nitrogens with zero attached hydrogens (tertiary/aromatic N) is 2. The van der Waals surface area contributed by atoms with Gasteiger partial charge in [0.15, 0.2) is 0 Å². The van der Waals surface area contributed by atoms with Crippen LogP contribution in [0.4, 0.5) is 28.0 Å². The van der Waals surface area contributed by atoms with E-state index in [1.54, 1.807) is 18.2 Å². The molecule has 0 radical (unpaired) electrons. The number of carbonyl (C=O) groups excluding carboxylic acids is 4. The summed E-state index contributed by atoms with van der Waals surface area (Å²) in [4.78, 5) is 52.6. The Morgan fingerprint density at radius 2 is 1.77 bits per heavy atom. The van der Waals surface area contributed by atoms with Crippen molar-refractivity contribution in [1.29, 1.82) is 0 Å². The van der Waals surface area contributed by atoms with E-state index in [9.17, 15) is 36.7 Å². The van der Waals surface area contributed by atoms with Crippen LogP contribution in [0.1, 0.15) is 50.3 Å². The molecule has 0 saturated carbocycles. The highest BCUT2D eigenvalue weighted by Crippen LogP contribution is 2.46. The lowest BCUT2D eigenvalue weighted by Crippen LogP contribution is -2.51. The zero-order valence-electron chi connectivity index (χ0n) is 22.2. The van der Waals surface area contributed by atoms with E-state index >= 15 is 0 Å². The molecule has 8 nitrogen and oxygen atoms in total. The largest absolute Gasteiger partial charge is 0.427 e. The van der Waals surface area contributed by atoms with Crippen molar-refractivity contribution in [2.75, 3.05) is 11.9 Å². The Morgan fingerprint density at radius 1 is 1.10 bits per heavy atom. The van der Waals surface area contributed by atoms with E-state index in [-0.39, 0.29) is 23.8 Å². The summed E-state index contributed by atoms with van der Waals surface area (Å²) in [5.41, 5.74) is 0.112. The molecular weight excluding hydrogens is 534 g/mol. The van der Waals surface area contributed by atoms with E-state index in [0.717, 1.165) is 19.1 Å². The van der Waals surface area contributed by atoms with Crippen molar-refractivity contribution in [2.45, 2.75) is 64.4 Å². The highest BCUT2D eigenvalue weighted by Gasteiger charge is 2.58. The number of hydrogen-bond acceptors (Lipinski definition) is 5. The molecule has 4 rings (SSSR count). The zero-order chi connectivity index (χ0) is 29.4. The van der Waals surface area contributed by atoms with Gasteiger partial charge in [-0.25, -0.2) is 14.1 Å². The molecule has 2 atom stereocenters. The number of carbonyl (C=O) groups is 4. The number of fused-ring (bicyclic) bond motifs is 2. The van der Waals surface area contributed by atoms with Gasteiger partial charge < -0.3 is 15.0 Å². The van der Waals surface area contributed by atoms with Gasteiger partial charge in [-0.3, -0.25) is 14.4 Å². The number of alkyl halides is 3. The lowest BCUT2D eigenvalue weighted by Gasteiger charge is -2.31. The van der Waals surface area contributed by atoms with Crippen molar-refractivity contribution in [3.05, 3.63) is 65.0 Å². The SMILES string of the molecule is CC(C)CC(=O)Nc1ccc2c(c1)CC[C@@]21OC(=O)N(CC(=O)N(Cc2ccc(F)cc2)C(C)C(F)(F)F)C1=O. The average molecular weight is 564 g/mol. The normalized spacial score (nSPS) is 19.1. The van der Waals surface area contributed by atoms with Crippen LogP contribution >= 0.6 is 0 Å². The third-order valence-electron chi connectivity index (χ3n) is 7.06. The molecule has 1 N–H and O–H groups in total. The fourth-order valence-electron chi connectivity index (χ4n) is 4.94. The van der Waals surface area contributed by atoms with E-state index in [1.807, 2.05) is 13.8 Å². The molecule has 40 heavy (non-hydrogen) atoms. The van der Waals surface area contributed by atoms with Crippen LogP contribution in [0.3, 0.4) is 0 Å². The second-order valence-corrected chi connectivity index (χ2v) is 10.5. The van der Waals surface area contributed by atoms with Gasteiger partial charge in [-0.1, -0.05) is 32.0 Å². The lowest BCUT2D eigenvalue weighted by molar-refractivity contribution is -0.187. The molecular formula is C28H29F4N3O5. The van der Waals surface area contributed by atoms with Gasteiger partial charge in [0, 0.05) is 30.6 Å². The van der Waals surface area contributed by atoms with E-state index in [4.69, 9.17) is 4.74 Å². The molecule has 1 spiro atoms. The Labute approximate surface area is 228 Å². The molecule has 1 saturated heterocycles. The van der Waals surface area contributed by atoms with Crippen LogP contribution in [0, 0.1) is 11.7 Å². The van der Waals surface area contributed by atoms with Crippen LogP contribution in [0.15, 0.2) is 42.5 Å². The quantitative estimate of drug-likeness (QED) is 0.461. The summed E-state index contributed by atoms with van der Waals surface area (Å²) in [6.07, 6.45) is -5.18. The minimum Gasteiger partial charge on any atom is -0.427 e. The van der Waals surface area contributed by atoms with Gasteiger partial charge in [-0.15, -0.1) is 0 Å². The van der Waals surface area contributed by atoms with Crippen LogP contribution in [0.25, 0.3) is 0 Å². The Hall–Kier alpha value is -3.96. The van der Waals surface area contributed by atoms with Crippen molar-refractivity contribution < 1.29 is 41.5 Å². The van der Waals surface area contributed by atoms with Crippen molar-refractivity contribution in [3.8, 4) is 0 Å². The van der Waals surface area contributed by atoms with Gasteiger partial charge in [0.2, 0.25) is 17.4 Å². The molecule has 0 aromatic heterocycles. The van der Waals surface area contributed by atoms with Gasteiger partial charge in [-0.2, -0.15) is 13.2 Å². The number of nitrogens with one attached hydrogen (secondary N) is 1. The monoisotopic (exact) mass is 563 g/mol. The van der Waals surface area contributed by atoms with Crippen LogP contribution in [-0.2, 0) is 37.7 Å². The molecule has 1 heterocycles. The highest BCUT2D eigenvalue weighted by molar-refractivity contribution is 6.06. The molecule has 4 amide bonds. The second-order valence-electron chi connectivity index (χ2n) is 10.5. The minimum atomic E-state index is -4.79. The molecule has 1 aliphatic carbocycles. The third kappa shape index (κ3) is 5.80. The predicted molar refractivity (Wildman–Crippen MR) is 135 cm³/mol. The van der Waals surface area contributed by atoms with E-state index in [2.05, 4.69) is 5.32 Å². The van der Waals surface area contributed by atoms with E-state index in [0.29, 0.717) is 39.5 Å². The van der Waals surface area contributed by atoms with Crippen molar-refractivity contribution in [2.24, 2.45) is 5.92 Å². The molecule has 214 valence electrons. The summed E-state index contributed by atoms with van der Waals surface area (Å²) in [5.74, 6) is -2.58. The second kappa shape index (κ2) is 10.9. The van der Waals surface area contributed by atoms with Crippen molar-refractivity contribution in [3.63, 3.8) is 0 Å². The number of halogens is 4. The third-order valence-corrected chi connectivity index (χ3v) is 7.06. The van der Waals surface area contributed by atoms with Gasteiger partial charge in [0.25, 0.3) is 5.91 Å². The summed E-state index contributed by atoms with van der Waals surface area (Å²) >= 11 is 0. The smallest absolute Gasteiger partial charge is 0.418 e. The minimum absolute atomic E-state index is 0.0826. The van der Waals surface area contributed by atoms with Crippen LogP contribution in [-0.4, -0.2) is 52.4 Å². The number of rotatable bonds is 8. The Morgan fingerprint density at radius 3 is 2.40 bits per heavy atom. The molecule has 0 bridgehead atoms. The molecule has 1 aliphatic heterocycles. The first kappa shape index (κ1) is 29.0. The number of hydrogen-bond donors (Lipinski definition) is 1. The first-order valence-electron chi connectivity index (χ1n) is 12.8. The average Bonchev–Trinajstić information content (AvgIpc) is 3.34. The van der Waals surface area contributed by atoms with Gasteiger partial charge in [0.1, 0.15) is 18.4 Å². The van der Waals surface area contributed by atoms with Crippen LogP contribution in [0.2, 0.25) is 0 Å². The highest BCUT2D eigenvalue weighted by atomic mass is 19.4.